The largest absolute Gasteiger partial charge is 0.433 e. The van der Waals surface area contributed by atoms with Gasteiger partial charge in [-0.05, 0) is 36.6 Å². The number of amides is 1. The van der Waals surface area contributed by atoms with Crippen molar-refractivity contribution < 1.29 is 18.0 Å². The van der Waals surface area contributed by atoms with E-state index in [-0.39, 0.29) is 22.4 Å². The molecule has 3 aromatic rings. The number of nitrogens with zero attached hydrogens (tertiary/aromatic N) is 3. The van der Waals surface area contributed by atoms with Gasteiger partial charge < -0.3 is 5.32 Å². The highest BCUT2D eigenvalue weighted by atomic mass is 35.5. The van der Waals surface area contributed by atoms with Gasteiger partial charge in [0.15, 0.2) is 5.82 Å². The second-order valence-electron chi connectivity index (χ2n) is 6.13. The predicted octanol–water partition coefficient (Wildman–Crippen LogP) is 4.42. The first kappa shape index (κ1) is 16.8. The molecule has 5 nitrogen and oxygen atoms in total. The zero-order valence-corrected chi connectivity index (χ0v) is 14.0. The highest BCUT2D eigenvalue weighted by Gasteiger charge is 2.33. The molecule has 0 unspecified atom stereocenters. The molecular formula is C17H12ClF3N4O. The van der Waals surface area contributed by atoms with Gasteiger partial charge in [0, 0.05) is 29.9 Å². The van der Waals surface area contributed by atoms with E-state index in [1.807, 2.05) is 0 Å². The summed E-state index contributed by atoms with van der Waals surface area (Å²) in [7, 11) is 0. The van der Waals surface area contributed by atoms with Crippen LogP contribution in [0.15, 0.2) is 36.7 Å². The number of pyridine rings is 2. The number of hydrogen-bond donors (Lipinski definition) is 1. The highest BCUT2D eigenvalue weighted by molar-refractivity contribution is 6.33. The van der Waals surface area contributed by atoms with E-state index in [2.05, 4.69) is 15.4 Å². The van der Waals surface area contributed by atoms with Crippen molar-refractivity contribution in [2.45, 2.75) is 19.0 Å². The number of anilines is 1. The fourth-order valence-electron chi connectivity index (χ4n) is 2.61. The van der Waals surface area contributed by atoms with Crippen LogP contribution in [0.1, 0.15) is 18.5 Å². The van der Waals surface area contributed by atoms with Crippen LogP contribution in [0.4, 0.5) is 19.0 Å². The molecule has 1 amide bonds. The average Bonchev–Trinajstić information content (AvgIpc) is 3.35. The first-order valence-corrected chi connectivity index (χ1v) is 8.22. The number of carbonyl (C=O) groups excluding carboxylic acids is 1. The van der Waals surface area contributed by atoms with Crippen LogP contribution in [-0.4, -0.2) is 20.5 Å². The molecule has 0 atom stereocenters. The van der Waals surface area contributed by atoms with Crippen molar-refractivity contribution in [2.75, 3.05) is 5.32 Å². The maximum Gasteiger partial charge on any atom is 0.433 e. The van der Waals surface area contributed by atoms with Gasteiger partial charge in [0.25, 0.3) is 0 Å². The molecule has 1 aliphatic carbocycles. The van der Waals surface area contributed by atoms with Gasteiger partial charge in [0.1, 0.15) is 5.69 Å². The SMILES string of the molecule is O=C(Nc1cc2cc(-c3cc(C(F)(F)F)ncc3Cl)ccn2n1)C1CC1. The standard InChI is InChI=1S/C17H12ClF3N4O/c18-13-8-22-14(17(19,20)21)7-12(13)10-3-4-25-11(5-10)6-15(24-25)23-16(26)9-1-2-9/h3-9H,1-2H2,(H,23,24,26). The van der Waals surface area contributed by atoms with E-state index in [4.69, 9.17) is 11.6 Å². The molecule has 9 heteroatoms. The van der Waals surface area contributed by atoms with Crippen molar-refractivity contribution in [3.63, 3.8) is 0 Å². The van der Waals surface area contributed by atoms with Crippen LogP contribution in [0.2, 0.25) is 5.02 Å². The lowest BCUT2D eigenvalue weighted by Gasteiger charge is -2.10. The van der Waals surface area contributed by atoms with Gasteiger partial charge in [-0.2, -0.15) is 18.3 Å². The minimum absolute atomic E-state index is 0.0480. The molecule has 1 aliphatic rings. The van der Waals surface area contributed by atoms with Crippen molar-refractivity contribution in [3.05, 3.63) is 47.4 Å². The van der Waals surface area contributed by atoms with E-state index in [1.54, 1.807) is 24.4 Å². The lowest BCUT2D eigenvalue weighted by molar-refractivity contribution is -0.141. The summed E-state index contributed by atoms with van der Waals surface area (Å²) in [5.74, 6) is 0.378. The summed E-state index contributed by atoms with van der Waals surface area (Å²) in [6, 6.07) is 5.83. The summed E-state index contributed by atoms with van der Waals surface area (Å²) in [6.07, 6.45) is -0.208. The molecule has 1 saturated carbocycles. The molecule has 0 bridgehead atoms. The lowest BCUT2D eigenvalue weighted by Crippen LogP contribution is -2.13. The lowest BCUT2D eigenvalue weighted by atomic mass is 10.1. The van der Waals surface area contributed by atoms with Crippen LogP contribution in [0.5, 0.6) is 0 Å². The van der Waals surface area contributed by atoms with E-state index in [1.165, 1.54) is 4.52 Å². The molecule has 3 aromatic heterocycles. The van der Waals surface area contributed by atoms with E-state index in [0.29, 0.717) is 16.9 Å². The minimum Gasteiger partial charge on any atom is -0.309 e. The van der Waals surface area contributed by atoms with Crippen LogP contribution < -0.4 is 5.32 Å². The summed E-state index contributed by atoms with van der Waals surface area (Å²) >= 11 is 6.04. The number of fused-ring (bicyclic) bond motifs is 1. The topological polar surface area (TPSA) is 59.3 Å². The summed E-state index contributed by atoms with van der Waals surface area (Å²) < 4.78 is 40.2. The Morgan fingerprint density at radius 2 is 2.04 bits per heavy atom. The third-order valence-corrected chi connectivity index (χ3v) is 4.42. The molecule has 0 saturated heterocycles. The second-order valence-corrected chi connectivity index (χ2v) is 6.53. The van der Waals surface area contributed by atoms with Crippen LogP contribution in [0, 0.1) is 5.92 Å². The maximum absolute atomic E-state index is 12.9. The molecule has 1 fully saturated rings. The van der Waals surface area contributed by atoms with Gasteiger partial charge in [-0.1, -0.05) is 11.6 Å². The monoisotopic (exact) mass is 380 g/mol. The molecule has 0 aliphatic heterocycles. The van der Waals surface area contributed by atoms with Gasteiger partial charge >= 0.3 is 6.18 Å². The van der Waals surface area contributed by atoms with E-state index >= 15 is 0 Å². The minimum atomic E-state index is -4.56. The summed E-state index contributed by atoms with van der Waals surface area (Å²) in [5, 5.41) is 7.09. The average molecular weight is 381 g/mol. The summed E-state index contributed by atoms with van der Waals surface area (Å²) in [5.41, 5.74) is 0.328. The quantitative estimate of drug-likeness (QED) is 0.731. The Bertz CT molecular complexity index is 1010. The van der Waals surface area contributed by atoms with Crippen molar-refractivity contribution in [1.29, 1.82) is 0 Å². The number of rotatable bonds is 3. The Morgan fingerprint density at radius 3 is 2.73 bits per heavy atom. The normalized spacial score (nSPS) is 14.6. The first-order chi connectivity index (χ1) is 12.3. The number of aromatic nitrogens is 3. The van der Waals surface area contributed by atoms with Crippen LogP contribution >= 0.6 is 11.6 Å². The predicted molar refractivity (Wildman–Crippen MR) is 89.8 cm³/mol. The number of alkyl halides is 3. The molecule has 1 N–H and O–H groups in total. The van der Waals surface area contributed by atoms with Gasteiger partial charge in [0.05, 0.1) is 10.5 Å². The van der Waals surface area contributed by atoms with Crippen molar-refractivity contribution in [1.82, 2.24) is 14.6 Å². The smallest absolute Gasteiger partial charge is 0.309 e. The van der Waals surface area contributed by atoms with Crippen molar-refractivity contribution >= 4 is 28.8 Å². The Morgan fingerprint density at radius 1 is 1.27 bits per heavy atom. The highest BCUT2D eigenvalue weighted by Crippen LogP contribution is 2.35. The van der Waals surface area contributed by atoms with E-state index in [9.17, 15) is 18.0 Å². The summed E-state index contributed by atoms with van der Waals surface area (Å²) in [4.78, 5) is 15.2. The van der Waals surface area contributed by atoms with Crippen LogP contribution in [0.25, 0.3) is 16.6 Å². The maximum atomic E-state index is 12.9. The van der Waals surface area contributed by atoms with Crippen LogP contribution in [-0.2, 0) is 11.0 Å². The number of nitrogens with one attached hydrogen (secondary N) is 1. The molecule has 3 heterocycles. The van der Waals surface area contributed by atoms with Crippen molar-refractivity contribution in [3.8, 4) is 11.1 Å². The molecule has 0 spiro atoms. The fraction of sp³-hybridized carbons (Fsp3) is 0.235. The Labute approximate surface area is 150 Å². The zero-order valence-electron chi connectivity index (χ0n) is 13.2. The molecular weight excluding hydrogens is 369 g/mol. The Balaban J connectivity index is 1.70. The Hall–Kier alpha value is -2.61. The van der Waals surface area contributed by atoms with Gasteiger partial charge in [-0.15, -0.1) is 0 Å². The van der Waals surface area contributed by atoms with Gasteiger partial charge in [-0.3, -0.25) is 9.78 Å². The van der Waals surface area contributed by atoms with Gasteiger partial charge in [-0.25, -0.2) is 4.52 Å². The fourth-order valence-corrected chi connectivity index (χ4v) is 2.82. The number of carbonyl (C=O) groups is 1. The first-order valence-electron chi connectivity index (χ1n) is 7.85. The zero-order chi connectivity index (χ0) is 18.5. The molecule has 0 radical (unpaired) electrons. The summed E-state index contributed by atoms with van der Waals surface area (Å²) in [6.45, 7) is 0. The molecule has 0 aromatic carbocycles. The van der Waals surface area contributed by atoms with Crippen LogP contribution in [0.3, 0.4) is 0 Å². The van der Waals surface area contributed by atoms with E-state index < -0.39 is 11.9 Å². The number of halogens is 4. The van der Waals surface area contributed by atoms with Crippen molar-refractivity contribution in [2.24, 2.45) is 5.92 Å². The third kappa shape index (κ3) is 3.24. The third-order valence-electron chi connectivity index (χ3n) is 4.12. The molecule has 134 valence electrons. The number of hydrogen-bond acceptors (Lipinski definition) is 3. The second kappa shape index (κ2) is 5.98. The Kier molecular flexibility index (Phi) is 3.87. The molecule has 26 heavy (non-hydrogen) atoms. The van der Waals surface area contributed by atoms with Gasteiger partial charge in [0.2, 0.25) is 5.91 Å². The van der Waals surface area contributed by atoms with E-state index in [0.717, 1.165) is 25.1 Å². The molecule has 4 rings (SSSR count).